The molecule has 20 heavy (non-hydrogen) atoms. The summed E-state index contributed by atoms with van der Waals surface area (Å²) in [6, 6.07) is 1.63. The van der Waals surface area contributed by atoms with Gasteiger partial charge in [-0.05, 0) is 43.6 Å². The Labute approximate surface area is 119 Å². The van der Waals surface area contributed by atoms with Gasteiger partial charge in [0.25, 0.3) is 0 Å². The number of carbonyl (C=O) groups is 1. The monoisotopic (exact) mass is 278 g/mol. The van der Waals surface area contributed by atoms with Gasteiger partial charge in [0.2, 0.25) is 0 Å². The van der Waals surface area contributed by atoms with Crippen molar-refractivity contribution in [2.24, 2.45) is 11.3 Å². The van der Waals surface area contributed by atoms with Crippen LogP contribution in [0.2, 0.25) is 0 Å². The molecule has 1 aromatic heterocycles. The second-order valence-corrected chi connectivity index (χ2v) is 6.64. The molecule has 0 radical (unpaired) electrons. The van der Waals surface area contributed by atoms with Gasteiger partial charge in [-0.25, -0.2) is 9.78 Å². The summed E-state index contributed by atoms with van der Waals surface area (Å²) in [6.07, 6.45) is 3.14. The van der Waals surface area contributed by atoms with Gasteiger partial charge in [-0.15, -0.1) is 0 Å². The zero-order valence-corrected chi connectivity index (χ0v) is 12.5. The Kier molecular flexibility index (Phi) is 3.97. The van der Waals surface area contributed by atoms with E-state index in [2.05, 4.69) is 30.7 Å². The summed E-state index contributed by atoms with van der Waals surface area (Å²) in [7, 11) is 0. The molecule has 5 heteroatoms. The van der Waals surface area contributed by atoms with Gasteiger partial charge in [-0.2, -0.15) is 4.98 Å². The van der Waals surface area contributed by atoms with Crippen LogP contribution in [-0.2, 0) is 0 Å². The molecule has 1 aliphatic rings. The van der Waals surface area contributed by atoms with E-state index in [1.165, 1.54) is 12.5 Å². The van der Waals surface area contributed by atoms with Crippen LogP contribution in [0.25, 0.3) is 0 Å². The number of rotatable bonds is 3. The first kappa shape index (κ1) is 14.8. The van der Waals surface area contributed by atoms with Crippen molar-refractivity contribution in [3.63, 3.8) is 0 Å². The van der Waals surface area contributed by atoms with Crippen molar-refractivity contribution < 1.29 is 14.6 Å². The summed E-state index contributed by atoms with van der Waals surface area (Å²) in [4.78, 5) is 19.2. The molecule has 2 unspecified atom stereocenters. The first-order valence-corrected chi connectivity index (χ1v) is 7.01. The SMILES string of the molecule is Cc1cc(C(=O)O)nc(OC2CC(C)CC(C)(C)C2)n1. The molecule has 1 N–H and O–H groups in total. The Hall–Kier alpha value is -1.65. The van der Waals surface area contributed by atoms with Gasteiger partial charge in [0, 0.05) is 5.69 Å². The summed E-state index contributed by atoms with van der Waals surface area (Å²) in [5.41, 5.74) is 0.827. The molecular weight excluding hydrogens is 256 g/mol. The van der Waals surface area contributed by atoms with Crippen molar-refractivity contribution in [1.82, 2.24) is 9.97 Å². The molecule has 0 aliphatic heterocycles. The largest absolute Gasteiger partial charge is 0.477 e. The van der Waals surface area contributed by atoms with E-state index in [1.54, 1.807) is 6.92 Å². The predicted octanol–water partition coefficient (Wildman–Crippen LogP) is 3.08. The Morgan fingerprint density at radius 1 is 1.40 bits per heavy atom. The summed E-state index contributed by atoms with van der Waals surface area (Å²) in [5, 5.41) is 9.02. The molecule has 5 nitrogen and oxygen atoms in total. The van der Waals surface area contributed by atoms with Crippen molar-refractivity contribution in [3.8, 4) is 6.01 Å². The highest BCUT2D eigenvalue weighted by Crippen LogP contribution is 2.39. The zero-order valence-electron chi connectivity index (χ0n) is 12.5. The maximum atomic E-state index is 11.0. The standard InChI is InChI=1S/C15H22N2O3/c1-9-5-11(8-15(3,4)7-9)20-14-16-10(2)6-12(17-14)13(18)19/h6,9,11H,5,7-8H2,1-4H3,(H,18,19). The second kappa shape index (κ2) is 5.38. The number of aryl methyl sites for hydroxylation is 1. The third kappa shape index (κ3) is 3.68. The maximum absolute atomic E-state index is 11.0. The van der Waals surface area contributed by atoms with E-state index in [0.29, 0.717) is 11.6 Å². The first-order chi connectivity index (χ1) is 9.25. The molecule has 0 amide bonds. The number of carboxylic acids is 1. The summed E-state index contributed by atoms with van der Waals surface area (Å²) >= 11 is 0. The molecule has 1 saturated carbocycles. The Morgan fingerprint density at radius 3 is 2.70 bits per heavy atom. The Balaban J connectivity index is 2.15. The fourth-order valence-electron chi connectivity index (χ4n) is 3.20. The fraction of sp³-hybridized carbons (Fsp3) is 0.667. The van der Waals surface area contributed by atoms with E-state index in [9.17, 15) is 4.79 Å². The van der Waals surface area contributed by atoms with Crippen LogP contribution in [0.3, 0.4) is 0 Å². The van der Waals surface area contributed by atoms with E-state index in [-0.39, 0.29) is 23.2 Å². The number of ether oxygens (including phenoxy) is 1. The lowest BCUT2D eigenvalue weighted by molar-refractivity contribution is 0.0488. The first-order valence-electron chi connectivity index (χ1n) is 7.01. The predicted molar refractivity (Wildman–Crippen MR) is 74.9 cm³/mol. The Morgan fingerprint density at radius 2 is 2.10 bits per heavy atom. The van der Waals surface area contributed by atoms with Crippen molar-refractivity contribution >= 4 is 5.97 Å². The van der Waals surface area contributed by atoms with Crippen LogP contribution in [0.1, 0.15) is 56.2 Å². The van der Waals surface area contributed by atoms with Crippen LogP contribution >= 0.6 is 0 Å². The van der Waals surface area contributed by atoms with E-state index >= 15 is 0 Å². The number of aromatic carboxylic acids is 1. The molecule has 0 aromatic carbocycles. The van der Waals surface area contributed by atoms with Crippen LogP contribution in [0.15, 0.2) is 6.07 Å². The zero-order chi connectivity index (χ0) is 14.9. The van der Waals surface area contributed by atoms with Gasteiger partial charge in [-0.3, -0.25) is 0 Å². The van der Waals surface area contributed by atoms with Crippen LogP contribution in [-0.4, -0.2) is 27.1 Å². The van der Waals surface area contributed by atoms with Gasteiger partial charge < -0.3 is 9.84 Å². The topological polar surface area (TPSA) is 72.3 Å². The van der Waals surface area contributed by atoms with Crippen LogP contribution in [0.4, 0.5) is 0 Å². The molecule has 1 fully saturated rings. The highest BCUT2D eigenvalue weighted by Gasteiger charge is 2.33. The molecule has 2 atom stereocenters. The quantitative estimate of drug-likeness (QED) is 0.919. The van der Waals surface area contributed by atoms with E-state index < -0.39 is 5.97 Å². The lowest BCUT2D eigenvalue weighted by Gasteiger charge is -2.38. The van der Waals surface area contributed by atoms with Gasteiger partial charge >= 0.3 is 12.0 Å². The summed E-state index contributed by atoms with van der Waals surface area (Å²) < 4.78 is 5.85. The number of nitrogens with zero attached hydrogens (tertiary/aromatic N) is 2. The Bertz CT molecular complexity index is 514. The number of aromatic nitrogens is 2. The molecule has 1 heterocycles. The fourth-order valence-corrected chi connectivity index (χ4v) is 3.20. The lowest BCUT2D eigenvalue weighted by Crippen LogP contribution is -2.34. The minimum Gasteiger partial charge on any atom is -0.477 e. The average Bonchev–Trinajstić information content (AvgIpc) is 2.24. The van der Waals surface area contributed by atoms with Gasteiger partial charge in [0.1, 0.15) is 6.10 Å². The average molecular weight is 278 g/mol. The molecule has 0 spiro atoms. The molecular formula is C15H22N2O3. The molecule has 0 bridgehead atoms. The highest BCUT2D eigenvalue weighted by molar-refractivity contribution is 5.85. The van der Waals surface area contributed by atoms with Crippen molar-refractivity contribution in [2.45, 2.75) is 53.1 Å². The minimum absolute atomic E-state index is 0.0179. The second-order valence-electron chi connectivity index (χ2n) is 6.64. The van der Waals surface area contributed by atoms with E-state index in [0.717, 1.165) is 12.8 Å². The normalized spacial score (nSPS) is 25.2. The van der Waals surface area contributed by atoms with Crippen molar-refractivity contribution in [3.05, 3.63) is 17.5 Å². The number of hydrogen-bond acceptors (Lipinski definition) is 4. The van der Waals surface area contributed by atoms with Gasteiger partial charge in [-0.1, -0.05) is 20.8 Å². The van der Waals surface area contributed by atoms with E-state index in [1.807, 2.05) is 0 Å². The van der Waals surface area contributed by atoms with Crippen molar-refractivity contribution in [2.75, 3.05) is 0 Å². The highest BCUT2D eigenvalue weighted by atomic mass is 16.5. The smallest absolute Gasteiger partial charge is 0.354 e. The van der Waals surface area contributed by atoms with Gasteiger partial charge in [0.15, 0.2) is 5.69 Å². The van der Waals surface area contributed by atoms with Gasteiger partial charge in [0.05, 0.1) is 0 Å². The maximum Gasteiger partial charge on any atom is 0.354 e. The minimum atomic E-state index is -1.06. The number of carboxylic acid groups (broad SMARTS) is 1. The molecule has 110 valence electrons. The molecule has 0 saturated heterocycles. The molecule has 2 rings (SSSR count). The molecule has 1 aliphatic carbocycles. The van der Waals surface area contributed by atoms with Crippen molar-refractivity contribution in [1.29, 1.82) is 0 Å². The van der Waals surface area contributed by atoms with Crippen LogP contribution < -0.4 is 4.74 Å². The van der Waals surface area contributed by atoms with Crippen LogP contribution in [0, 0.1) is 18.3 Å². The summed E-state index contributed by atoms with van der Waals surface area (Å²) in [5.74, 6) is -0.467. The summed E-state index contributed by atoms with van der Waals surface area (Å²) in [6.45, 7) is 8.43. The third-order valence-corrected chi connectivity index (χ3v) is 3.67. The molecule has 1 aromatic rings. The third-order valence-electron chi connectivity index (χ3n) is 3.67. The lowest BCUT2D eigenvalue weighted by atomic mass is 9.71. The van der Waals surface area contributed by atoms with Crippen LogP contribution in [0.5, 0.6) is 6.01 Å². The van der Waals surface area contributed by atoms with E-state index in [4.69, 9.17) is 9.84 Å². The number of hydrogen-bond donors (Lipinski definition) is 1.